The maximum Gasteiger partial charge on any atom is 0.391 e. The van der Waals surface area contributed by atoms with Crippen LogP contribution in [0.3, 0.4) is 0 Å². The predicted octanol–water partition coefficient (Wildman–Crippen LogP) is 5.56. The Balaban J connectivity index is 1.35. The highest BCUT2D eigenvalue weighted by Gasteiger charge is 2.46. The van der Waals surface area contributed by atoms with Crippen LogP contribution in [0.1, 0.15) is 50.6 Å². The molecule has 2 saturated carbocycles. The molecule has 0 radical (unpaired) electrons. The average molecular weight is 448 g/mol. The Morgan fingerprint density at radius 1 is 1.12 bits per heavy atom. The lowest BCUT2D eigenvalue weighted by Gasteiger charge is -2.29. The molecule has 2 heterocycles. The predicted molar refractivity (Wildman–Crippen MR) is 112 cm³/mol. The summed E-state index contributed by atoms with van der Waals surface area (Å²) in [4.78, 5) is 20.6. The van der Waals surface area contributed by atoms with Crippen LogP contribution in [-0.2, 0) is 9.53 Å². The van der Waals surface area contributed by atoms with Gasteiger partial charge in [0.25, 0.3) is 0 Å². The first-order valence-corrected chi connectivity index (χ1v) is 11.1. The van der Waals surface area contributed by atoms with Gasteiger partial charge in [0.15, 0.2) is 0 Å². The van der Waals surface area contributed by atoms with E-state index in [1.165, 1.54) is 0 Å². The summed E-state index contributed by atoms with van der Waals surface area (Å²) in [7, 11) is 0. The van der Waals surface area contributed by atoms with Gasteiger partial charge in [-0.3, -0.25) is 14.8 Å². The summed E-state index contributed by atoms with van der Waals surface area (Å²) in [6.07, 6.45) is 3.10. The molecule has 4 rings (SSSR count). The van der Waals surface area contributed by atoms with Crippen molar-refractivity contribution in [3.8, 4) is 16.9 Å². The number of carbonyl (C=O) groups is 1. The summed E-state index contributed by atoms with van der Waals surface area (Å²) in [6.45, 7) is 2.56. The van der Waals surface area contributed by atoms with Crippen molar-refractivity contribution in [1.29, 1.82) is 0 Å². The van der Waals surface area contributed by atoms with Crippen molar-refractivity contribution in [1.82, 2.24) is 9.97 Å². The summed E-state index contributed by atoms with van der Waals surface area (Å²) in [5, 5.41) is 0. The number of hydrogen-bond donors (Lipinski definition) is 0. The van der Waals surface area contributed by atoms with Gasteiger partial charge in [-0.2, -0.15) is 13.2 Å². The second-order valence-electron chi connectivity index (χ2n) is 8.65. The minimum absolute atomic E-state index is 0.0771. The summed E-state index contributed by atoms with van der Waals surface area (Å²) in [5.74, 6) is -0.689. The number of carbonyl (C=O) groups excluding carboxylic acids is 1. The third-order valence-electron chi connectivity index (χ3n) is 6.38. The summed E-state index contributed by atoms with van der Waals surface area (Å²) < 4.78 is 49.5. The van der Waals surface area contributed by atoms with Gasteiger partial charge in [-0.25, -0.2) is 0 Å². The highest BCUT2D eigenvalue weighted by atomic mass is 19.4. The molecule has 8 heteroatoms. The smallest absolute Gasteiger partial charge is 0.391 e. The van der Waals surface area contributed by atoms with Gasteiger partial charge in [0.2, 0.25) is 0 Å². The third-order valence-corrected chi connectivity index (χ3v) is 6.38. The van der Waals surface area contributed by atoms with E-state index in [9.17, 15) is 18.0 Å². The maximum absolute atomic E-state index is 12.8. The molecular formula is C24H27F3N2O3. The largest absolute Gasteiger partial charge is 0.492 e. The van der Waals surface area contributed by atoms with Gasteiger partial charge in [0, 0.05) is 29.6 Å². The van der Waals surface area contributed by atoms with Crippen LogP contribution in [0.4, 0.5) is 13.2 Å². The Morgan fingerprint density at radius 3 is 2.62 bits per heavy atom. The van der Waals surface area contributed by atoms with Crippen molar-refractivity contribution in [3.05, 3.63) is 42.5 Å². The molecule has 172 valence electrons. The molecule has 5 nitrogen and oxygen atoms in total. The molecule has 0 bridgehead atoms. The number of rotatable bonds is 7. The second-order valence-corrected chi connectivity index (χ2v) is 8.65. The van der Waals surface area contributed by atoms with Crippen LogP contribution in [0.25, 0.3) is 11.1 Å². The molecule has 2 aliphatic rings. The van der Waals surface area contributed by atoms with E-state index in [4.69, 9.17) is 9.47 Å². The number of hydrogen-bond acceptors (Lipinski definition) is 5. The van der Waals surface area contributed by atoms with E-state index < -0.39 is 12.1 Å². The molecule has 0 spiro atoms. The fourth-order valence-corrected chi connectivity index (χ4v) is 4.39. The quantitative estimate of drug-likeness (QED) is 0.519. The zero-order valence-electron chi connectivity index (χ0n) is 18.0. The van der Waals surface area contributed by atoms with Crippen LogP contribution in [-0.4, -0.2) is 35.3 Å². The van der Waals surface area contributed by atoms with Crippen molar-refractivity contribution in [3.63, 3.8) is 0 Å². The minimum atomic E-state index is -4.09. The summed E-state index contributed by atoms with van der Waals surface area (Å²) >= 11 is 0. The van der Waals surface area contributed by atoms with Crippen LogP contribution < -0.4 is 4.74 Å². The first-order valence-electron chi connectivity index (χ1n) is 11.1. The van der Waals surface area contributed by atoms with Gasteiger partial charge in [-0.05, 0) is 68.7 Å². The van der Waals surface area contributed by atoms with Crippen molar-refractivity contribution in [2.24, 2.45) is 17.8 Å². The lowest BCUT2D eigenvalue weighted by Crippen LogP contribution is -2.29. The number of esters is 1. The zero-order chi connectivity index (χ0) is 22.7. The Kier molecular flexibility index (Phi) is 6.67. The van der Waals surface area contributed by atoms with Crippen LogP contribution in [0, 0.1) is 17.8 Å². The molecule has 2 atom stereocenters. The Bertz CT molecular complexity index is 942. The van der Waals surface area contributed by atoms with Crippen molar-refractivity contribution < 1.29 is 27.4 Å². The number of pyridine rings is 2. The molecule has 2 aliphatic carbocycles. The van der Waals surface area contributed by atoms with E-state index in [-0.39, 0.29) is 36.6 Å². The van der Waals surface area contributed by atoms with E-state index in [1.807, 2.05) is 18.2 Å². The first kappa shape index (κ1) is 22.6. The SMILES string of the molecule is CCOC(=O)[C@@H]1C[C@H]1c1cc(-c2cncc(OCC3CCC(C(F)(F)F)CC3)c2)ccn1. The molecule has 2 aromatic rings. The zero-order valence-corrected chi connectivity index (χ0v) is 18.0. The van der Waals surface area contributed by atoms with Crippen molar-refractivity contribution in [2.75, 3.05) is 13.2 Å². The number of ether oxygens (including phenoxy) is 2. The molecule has 32 heavy (non-hydrogen) atoms. The molecule has 0 aromatic carbocycles. The fraction of sp³-hybridized carbons (Fsp3) is 0.542. The highest BCUT2D eigenvalue weighted by molar-refractivity contribution is 5.77. The molecule has 0 unspecified atom stereocenters. The van der Waals surface area contributed by atoms with Crippen LogP contribution in [0.5, 0.6) is 5.75 Å². The molecular weight excluding hydrogens is 421 g/mol. The average Bonchev–Trinajstić information content (AvgIpc) is 3.59. The van der Waals surface area contributed by atoms with E-state index in [2.05, 4.69) is 9.97 Å². The van der Waals surface area contributed by atoms with Gasteiger partial charge in [0.1, 0.15) is 5.75 Å². The molecule has 0 aliphatic heterocycles. The third kappa shape index (κ3) is 5.40. The normalized spacial score (nSPS) is 25.2. The first-order chi connectivity index (χ1) is 15.3. The molecule has 0 N–H and O–H groups in total. The van der Waals surface area contributed by atoms with Gasteiger partial charge in [-0.1, -0.05) is 0 Å². The van der Waals surface area contributed by atoms with E-state index in [0.717, 1.165) is 23.2 Å². The van der Waals surface area contributed by atoms with Crippen molar-refractivity contribution in [2.45, 2.75) is 51.1 Å². The monoisotopic (exact) mass is 448 g/mol. The van der Waals surface area contributed by atoms with E-state index in [0.29, 0.717) is 31.8 Å². The van der Waals surface area contributed by atoms with Gasteiger partial charge in [-0.15, -0.1) is 0 Å². The van der Waals surface area contributed by atoms with Crippen molar-refractivity contribution >= 4 is 5.97 Å². The van der Waals surface area contributed by atoms with Gasteiger partial charge >= 0.3 is 12.1 Å². The summed E-state index contributed by atoms with van der Waals surface area (Å²) in [6, 6.07) is 5.72. The standard InChI is InChI=1S/C24H27F3N2O3/c1-2-31-23(30)21-11-20(21)22-10-16(7-8-29-22)17-9-19(13-28-12-17)32-14-15-3-5-18(6-4-15)24(25,26)27/h7-10,12-13,15,18,20-21H,2-6,11,14H2,1H3/t15?,18?,20-,21-/m1/s1. The van der Waals surface area contributed by atoms with E-state index >= 15 is 0 Å². The number of halogens is 3. The van der Waals surface area contributed by atoms with Gasteiger partial charge in [0.05, 0.1) is 31.2 Å². The Hall–Kier alpha value is -2.64. The second kappa shape index (κ2) is 9.46. The molecule has 2 aromatic heterocycles. The number of nitrogens with zero attached hydrogens (tertiary/aromatic N) is 2. The Morgan fingerprint density at radius 2 is 1.91 bits per heavy atom. The minimum Gasteiger partial charge on any atom is -0.492 e. The molecule has 0 amide bonds. The van der Waals surface area contributed by atoms with E-state index in [1.54, 1.807) is 25.5 Å². The molecule has 0 saturated heterocycles. The molecule has 2 fully saturated rings. The van der Waals surface area contributed by atoms with Crippen LogP contribution in [0.2, 0.25) is 0 Å². The van der Waals surface area contributed by atoms with Crippen LogP contribution in [0.15, 0.2) is 36.8 Å². The number of aromatic nitrogens is 2. The highest BCUT2D eigenvalue weighted by Crippen LogP contribution is 2.48. The maximum atomic E-state index is 12.8. The lowest BCUT2D eigenvalue weighted by atomic mass is 9.82. The topological polar surface area (TPSA) is 61.3 Å². The van der Waals surface area contributed by atoms with Gasteiger partial charge < -0.3 is 9.47 Å². The number of alkyl halides is 3. The lowest BCUT2D eigenvalue weighted by molar-refractivity contribution is -0.184. The van der Waals surface area contributed by atoms with Crippen LogP contribution >= 0.6 is 0 Å². The fourth-order valence-electron chi connectivity index (χ4n) is 4.39. The Labute approximate surface area is 185 Å². The summed E-state index contributed by atoms with van der Waals surface area (Å²) in [5.41, 5.74) is 2.64.